The van der Waals surface area contributed by atoms with E-state index in [1.807, 2.05) is 35.7 Å². The second kappa shape index (κ2) is 5.88. The van der Waals surface area contributed by atoms with Crippen LogP contribution in [-0.2, 0) is 4.74 Å². The van der Waals surface area contributed by atoms with Crippen LogP contribution >= 0.6 is 11.3 Å². The Kier molecular flexibility index (Phi) is 3.79. The number of carbonyl (C=O) groups is 1. The zero-order valence-electron chi connectivity index (χ0n) is 11.4. The highest BCUT2D eigenvalue weighted by Gasteiger charge is 2.19. The first-order valence-corrected chi connectivity index (χ1v) is 7.39. The Labute approximate surface area is 125 Å². The summed E-state index contributed by atoms with van der Waals surface area (Å²) in [6.07, 6.45) is 0. The van der Waals surface area contributed by atoms with Gasteiger partial charge in [0.2, 0.25) is 0 Å². The number of hydrogen-bond donors (Lipinski definition) is 1. The number of rotatable bonds is 4. The maximum Gasteiger partial charge on any atom is 0.361 e. The molecule has 0 spiro atoms. The Balaban J connectivity index is 2.00. The zero-order valence-corrected chi connectivity index (χ0v) is 12.2. The number of benzene rings is 1. The number of esters is 1. The van der Waals surface area contributed by atoms with Crippen LogP contribution in [0, 0.1) is 0 Å². The van der Waals surface area contributed by atoms with Crippen molar-refractivity contribution in [2.75, 3.05) is 6.61 Å². The van der Waals surface area contributed by atoms with Gasteiger partial charge < -0.3 is 4.74 Å². The van der Waals surface area contributed by atoms with Gasteiger partial charge in [-0.3, -0.25) is 0 Å². The van der Waals surface area contributed by atoms with Gasteiger partial charge in [-0.2, -0.15) is 10.3 Å². The minimum atomic E-state index is -0.470. The van der Waals surface area contributed by atoms with E-state index in [9.17, 15) is 4.79 Å². The third kappa shape index (κ3) is 2.71. The number of carbonyl (C=O) groups excluding carboxylic acids is 1. The molecule has 5 nitrogen and oxygen atoms in total. The van der Waals surface area contributed by atoms with Gasteiger partial charge in [-0.25, -0.2) is 4.79 Å². The lowest BCUT2D eigenvalue weighted by molar-refractivity contribution is 0.0520. The van der Waals surface area contributed by atoms with E-state index in [0.717, 1.165) is 16.0 Å². The van der Waals surface area contributed by atoms with Crippen molar-refractivity contribution in [2.45, 2.75) is 6.92 Å². The molecule has 0 saturated carbocycles. The van der Waals surface area contributed by atoms with E-state index in [1.165, 1.54) is 0 Å². The second-order valence-corrected chi connectivity index (χ2v) is 5.25. The van der Waals surface area contributed by atoms with Crippen molar-refractivity contribution in [1.82, 2.24) is 15.4 Å². The van der Waals surface area contributed by atoms with Gasteiger partial charge in [-0.05, 0) is 30.0 Å². The van der Waals surface area contributed by atoms with Crippen LogP contribution in [0.2, 0.25) is 0 Å². The molecule has 21 heavy (non-hydrogen) atoms. The van der Waals surface area contributed by atoms with Crippen molar-refractivity contribution >= 4 is 17.3 Å². The fourth-order valence-electron chi connectivity index (χ4n) is 2.04. The number of ether oxygens (including phenoxy) is 1. The number of nitrogens with one attached hydrogen (secondary N) is 1. The summed E-state index contributed by atoms with van der Waals surface area (Å²) in [4.78, 5) is 13.0. The molecule has 0 amide bonds. The average Bonchev–Trinajstić information content (AvgIpc) is 3.19. The monoisotopic (exact) mass is 299 g/mol. The van der Waals surface area contributed by atoms with Gasteiger partial charge in [0.15, 0.2) is 5.69 Å². The summed E-state index contributed by atoms with van der Waals surface area (Å²) in [6.45, 7) is 2.06. The molecule has 0 fully saturated rings. The third-order valence-corrected chi connectivity index (χ3v) is 3.88. The van der Waals surface area contributed by atoms with E-state index >= 15 is 0 Å². The largest absolute Gasteiger partial charge is 0.461 e. The van der Waals surface area contributed by atoms with E-state index in [2.05, 4.69) is 21.5 Å². The summed E-state index contributed by atoms with van der Waals surface area (Å²) in [5.41, 5.74) is 2.63. The minimum Gasteiger partial charge on any atom is -0.461 e. The predicted molar refractivity (Wildman–Crippen MR) is 81.1 cm³/mol. The minimum absolute atomic E-state index is 0.208. The highest BCUT2D eigenvalue weighted by molar-refractivity contribution is 7.13. The van der Waals surface area contributed by atoms with Crippen molar-refractivity contribution in [1.29, 1.82) is 0 Å². The number of nitrogens with zero attached hydrogens (tertiary/aromatic N) is 2. The molecule has 2 aromatic heterocycles. The van der Waals surface area contributed by atoms with Gasteiger partial charge >= 0.3 is 5.97 Å². The molecule has 0 unspecified atom stereocenters. The van der Waals surface area contributed by atoms with Crippen LogP contribution < -0.4 is 0 Å². The first-order chi connectivity index (χ1) is 10.3. The molecule has 0 saturated heterocycles. The summed E-state index contributed by atoms with van der Waals surface area (Å²) in [7, 11) is 0. The normalized spacial score (nSPS) is 10.5. The standard InChI is InChI=1S/C15H13N3O2S/c1-2-20-15(19)14-13(16-18-17-14)11-6-3-5-10(9-11)12-7-4-8-21-12/h3-9H,2H2,1H3,(H,16,17,18). The van der Waals surface area contributed by atoms with E-state index < -0.39 is 5.97 Å². The number of aromatic amines is 1. The number of hydrogen-bond acceptors (Lipinski definition) is 5. The first-order valence-electron chi connectivity index (χ1n) is 6.51. The van der Waals surface area contributed by atoms with Crippen LogP contribution in [0.1, 0.15) is 17.4 Å². The molecular weight excluding hydrogens is 286 g/mol. The fourth-order valence-corrected chi connectivity index (χ4v) is 2.76. The molecule has 1 aromatic carbocycles. The summed E-state index contributed by atoms with van der Waals surface area (Å²) in [5.74, 6) is -0.470. The average molecular weight is 299 g/mol. The molecule has 0 aliphatic carbocycles. The van der Waals surface area contributed by atoms with E-state index in [-0.39, 0.29) is 5.69 Å². The highest BCUT2D eigenvalue weighted by Crippen LogP contribution is 2.29. The lowest BCUT2D eigenvalue weighted by Crippen LogP contribution is -2.06. The van der Waals surface area contributed by atoms with Gasteiger partial charge in [0, 0.05) is 10.4 Å². The van der Waals surface area contributed by atoms with Crippen molar-refractivity contribution in [3.05, 3.63) is 47.5 Å². The Hall–Kier alpha value is -2.47. The third-order valence-electron chi connectivity index (χ3n) is 2.96. The summed E-state index contributed by atoms with van der Waals surface area (Å²) >= 11 is 1.67. The fraction of sp³-hybridized carbons (Fsp3) is 0.133. The van der Waals surface area contributed by atoms with Gasteiger partial charge in [-0.1, -0.05) is 24.3 Å². The summed E-state index contributed by atoms with van der Waals surface area (Å²) < 4.78 is 4.99. The maximum absolute atomic E-state index is 11.9. The predicted octanol–water partition coefficient (Wildman–Crippen LogP) is 3.38. The van der Waals surface area contributed by atoms with Crippen LogP contribution in [0.5, 0.6) is 0 Å². The van der Waals surface area contributed by atoms with Crippen LogP contribution in [-0.4, -0.2) is 28.0 Å². The van der Waals surface area contributed by atoms with E-state index in [0.29, 0.717) is 12.3 Å². The SMILES string of the molecule is CCOC(=O)c1n[nH]nc1-c1cccc(-c2cccs2)c1. The van der Waals surface area contributed by atoms with E-state index in [4.69, 9.17) is 4.74 Å². The van der Waals surface area contributed by atoms with Crippen molar-refractivity contribution in [3.63, 3.8) is 0 Å². The van der Waals surface area contributed by atoms with Crippen LogP contribution in [0.15, 0.2) is 41.8 Å². The Morgan fingerprint density at radius 3 is 2.86 bits per heavy atom. The van der Waals surface area contributed by atoms with Gasteiger partial charge in [-0.15, -0.1) is 16.4 Å². The lowest BCUT2D eigenvalue weighted by atomic mass is 10.1. The topological polar surface area (TPSA) is 67.9 Å². The van der Waals surface area contributed by atoms with Crippen LogP contribution in [0.25, 0.3) is 21.7 Å². The number of H-pyrrole nitrogens is 1. The Bertz CT molecular complexity index is 750. The molecule has 0 radical (unpaired) electrons. The molecule has 3 aromatic rings. The molecule has 6 heteroatoms. The lowest BCUT2D eigenvalue weighted by Gasteiger charge is -2.03. The molecule has 2 heterocycles. The molecular formula is C15H13N3O2S. The molecule has 0 aliphatic heterocycles. The van der Waals surface area contributed by atoms with Crippen molar-refractivity contribution in [3.8, 4) is 21.7 Å². The summed E-state index contributed by atoms with van der Waals surface area (Å²) in [6, 6.07) is 11.9. The second-order valence-electron chi connectivity index (χ2n) is 4.30. The van der Waals surface area contributed by atoms with Crippen molar-refractivity contribution < 1.29 is 9.53 Å². The highest BCUT2D eigenvalue weighted by atomic mass is 32.1. The molecule has 0 atom stereocenters. The molecule has 0 aliphatic rings. The van der Waals surface area contributed by atoms with Crippen molar-refractivity contribution in [2.24, 2.45) is 0 Å². The van der Waals surface area contributed by atoms with Gasteiger partial charge in [0.25, 0.3) is 0 Å². The molecule has 0 bridgehead atoms. The zero-order chi connectivity index (χ0) is 14.7. The van der Waals surface area contributed by atoms with E-state index in [1.54, 1.807) is 18.3 Å². The Morgan fingerprint density at radius 1 is 1.24 bits per heavy atom. The summed E-state index contributed by atoms with van der Waals surface area (Å²) in [5, 5.41) is 12.5. The quantitative estimate of drug-likeness (QED) is 0.750. The molecule has 1 N–H and O–H groups in total. The van der Waals surface area contributed by atoms with Gasteiger partial charge in [0.1, 0.15) is 5.69 Å². The van der Waals surface area contributed by atoms with Crippen LogP contribution in [0.4, 0.5) is 0 Å². The molecule has 106 valence electrons. The Morgan fingerprint density at radius 2 is 2.10 bits per heavy atom. The maximum atomic E-state index is 11.9. The first kappa shape index (κ1) is 13.5. The number of aromatic nitrogens is 3. The smallest absolute Gasteiger partial charge is 0.361 e. The number of thiophene rings is 1. The molecule has 3 rings (SSSR count). The van der Waals surface area contributed by atoms with Gasteiger partial charge in [0.05, 0.1) is 6.61 Å². The van der Waals surface area contributed by atoms with Crippen LogP contribution in [0.3, 0.4) is 0 Å².